The number of halogens is 1. The van der Waals surface area contributed by atoms with Crippen molar-refractivity contribution < 1.29 is 28.6 Å². The zero-order valence-electron chi connectivity index (χ0n) is 18.1. The smallest absolute Gasteiger partial charge is 0.308 e. The van der Waals surface area contributed by atoms with Crippen LogP contribution >= 0.6 is 11.6 Å². The second kappa shape index (κ2) is 9.11. The van der Waals surface area contributed by atoms with Crippen molar-refractivity contribution in [1.29, 1.82) is 0 Å². The zero-order chi connectivity index (χ0) is 23.7. The molecule has 1 atom stereocenters. The molecule has 3 aromatic rings. The second-order valence-electron chi connectivity index (χ2n) is 7.80. The van der Waals surface area contributed by atoms with Gasteiger partial charge in [-0.05, 0) is 48.4 Å². The molecule has 1 unspecified atom stereocenters. The molecule has 0 fully saturated rings. The molecule has 1 N–H and O–H groups in total. The van der Waals surface area contributed by atoms with Gasteiger partial charge in [-0.3, -0.25) is 14.4 Å². The van der Waals surface area contributed by atoms with Gasteiger partial charge in [0.25, 0.3) is 5.91 Å². The van der Waals surface area contributed by atoms with Crippen LogP contribution in [0.1, 0.15) is 48.8 Å². The van der Waals surface area contributed by atoms with Crippen molar-refractivity contribution in [2.24, 2.45) is 0 Å². The molecule has 8 heteroatoms. The van der Waals surface area contributed by atoms with E-state index in [1.54, 1.807) is 48.5 Å². The van der Waals surface area contributed by atoms with Crippen LogP contribution in [0.4, 0.5) is 0 Å². The number of fused-ring (bicyclic) bond motifs is 1. The SMILES string of the molecule is CCCCN1C(=O)C(O)=C(C(=O)c2cc3cc(Cl)ccc3o2)C1c1ccc(OC(C)=O)cc1. The Labute approximate surface area is 195 Å². The monoisotopic (exact) mass is 467 g/mol. The van der Waals surface area contributed by atoms with Crippen molar-refractivity contribution >= 4 is 40.2 Å². The van der Waals surface area contributed by atoms with Crippen LogP contribution in [0.5, 0.6) is 5.75 Å². The number of Topliss-reactive ketones (excluding diaryl/α,β-unsaturated/α-hetero) is 1. The van der Waals surface area contributed by atoms with Gasteiger partial charge in [0.05, 0.1) is 11.6 Å². The Morgan fingerprint density at radius 1 is 1.15 bits per heavy atom. The molecule has 0 saturated heterocycles. The molecule has 0 bridgehead atoms. The first-order valence-electron chi connectivity index (χ1n) is 10.6. The Bertz CT molecular complexity index is 1270. The first kappa shape index (κ1) is 22.6. The van der Waals surface area contributed by atoms with E-state index in [0.717, 1.165) is 6.42 Å². The molecule has 2 aromatic carbocycles. The predicted octanol–water partition coefficient (Wildman–Crippen LogP) is 5.39. The average Bonchev–Trinajstić information content (AvgIpc) is 3.31. The third-order valence-corrected chi connectivity index (χ3v) is 5.70. The van der Waals surface area contributed by atoms with Gasteiger partial charge in [-0.15, -0.1) is 0 Å². The summed E-state index contributed by atoms with van der Waals surface area (Å²) in [5, 5.41) is 11.9. The van der Waals surface area contributed by atoms with Gasteiger partial charge < -0.3 is 19.2 Å². The van der Waals surface area contributed by atoms with Gasteiger partial charge in [0.2, 0.25) is 5.78 Å². The lowest BCUT2D eigenvalue weighted by atomic mass is 9.95. The number of esters is 1. The number of furan rings is 1. The lowest BCUT2D eigenvalue weighted by molar-refractivity contribution is -0.132. The van der Waals surface area contributed by atoms with Crippen LogP contribution in [0.2, 0.25) is 5.02 Å². The number of carbonyl (C=O) groups is 3. The Morgan fingerprint density at radius 3 is 2.55 bits per heavy atom. The zero-order valence-corrected chi connectivity index (χ0v) is 18.9. The molecule has 170 valence electrons. The molecule has 0 spiro atoms. The topological polar surface area (TPSA) is 97.1 Å². The maximum absolute atomic E-state index is 13.5. The maximum Gasteiger partial charge on any atom is 0.308 e. The lowest BCUT2D eigenvalue weighted by Crippen LogP contribution is -2.32. The summed E-state index contributed by atoms with van der Waals surface area (Å²) in [7, 11) is 0. The Hall–Kier alpha value is -3.58. The molecule has 1 amide bonds. The third-order valence-electron chi connectivity index (χ3n) is 5.46. The van der Waals surface area contributed by atoms with Gasteiger partial charge in [0.1, 0.15) is 11.3 Å². The molecule has 0 saturated carbocycles. The van der Waals surface area contributed by atoms with Crippen LogP contribution in [-0.2, 0) is 9.59 Å². The number of hydrogen-bond acceptors (Lipinski definition) is 6. The highest BCUT2D eigenvalue weighted by atomic mass is 35.5. The van der Waals surface area contributed by atoms with E-state index in [0.29, 0.717) is 40.3 Å². The summed E-state index contributed by atoms with van der Waals surface area (Å²) in [6, 6.07) is 12.2. The van der Waals surface area contributed by atoms with Gasteiger partial charge in [0.15, 0.2) is 11.5 Å². The fourth-order valence-electron chi connectivity index (χ4n) is 3.93. The van der Waals surface area contributed by atoms with Crippen molar-refractivity contribution in [2.45, 2.75) is 32.7 Å². The average molecular weight is 468 g/mol. The fourth-order valence-corrected chi connectivity index (χ4v) is 4.11. The van der Waals surface area contributed by atoms with Crippen LogP contribution in [-0.4, -0.2) is 34.2 Å². The van der Waals surface area contributed by atoms with Crippen LogP contribution in [0.25, 0.3) is 11.0 Å². The number of amides is 1. The van der Waals surface area contributed by atoms with Gasteiger partial charge in [-0.1, -0.05) is 37.1 Å². The molecule has 1 aliphatic heterocycles. The number of carbonyl (C=O) groups excluding carboxylic acids is 3. The highest BCUT2D eigenvalue weighted by Crippen LogP contribution is 2.40. The molecule has 0 radical (unpaired) electrons. The van der Waals surface area contributed by atoms with Gasteiger partial charge in [0, 0.05) is 23.9 Å². The highest BCUT2D eigenvalue weighted by molar-refractivity contribution is 6.31. The first-order valence-corrected chi connectivity index (χ1v) is 10.9. The molecule has 33 heavy (non-hydrogen) atoms. The fraction of sp³-hybridized carbons (Fsp3) is 0.240. The number of aliphatic hydroxyl groups excluding tert-OH is 1. The summed E-state index contributed by atoms with van der Waals surface area (Å²) in [4.78, 5) is 39.1. The number of hydrogen-bond donors (Lipinski definition) is 1. The van der Waals surface area contributed by atoms with E-state index in [9.17, 15) is 19.5 Å². The lowest BCUT2D eigenvalue weighted by Gasteiger charge is -2.26. The summed E-state index contributed by atoms with van der Waals surface area (Å²) in [5.41, 5.74) is 1.01. The molecule has 2 heterocycles. The molecule has 1 aromatic heterocycles. The van der Waals surface area contributed by atoms with Crippen LogP contribution in [0.15, 0.2) is 64.3 Å². The molecule has 0 aliphatic carbocycles. The number of nitrogens with zero attached hydrogens (tertiary/aromatic N) is 1. The van der Waals surface area contributed by atoms with Gasteiger partial charge in [-0.25, -0.2) is 0 Å². The summed E-state index contributed by atoms with van der Waals surface area (Å²) < 4.78 is 10.8. The highest BCUT2D eigenvalue weighted by Gasteiger charge is 2.44. The van der Waals surface area contributed by atoms with E-state index in [1.807, 2.05) is 6.92 Å². The van der Waals surface area contributed by atoms with Crippen molar-refractivity contribution in [3.8, 4) is 5.75 Å². The van der Waals surface area contributed by atoms with Crippen molar-refractivity contribution in [1.82, 2.24) is 4.90 Å². The van der Waals surface area contributed by atoms with E-state index < -0.39 is 29.5 Å². The number of rotatable bonds is 7. The van der Waals surface area contributed by atoms with E-state index in [4.69, 9.17) is 20.8 Å². The summed E-state index contributed by atoms with van der Waals surface area (Å²) >= 11 is 6.03. The quantitative estimate of drug-likeness (QED) is 0.284. The number of aliphatic hydroxyl groups is 1. The van der Waals surface area contributed by atoms with E-state index in [-0.39, 0.29) is 11.3 Å². The number of benzene rings is 2. The maximum atomic E-state index is 13.5. The Morgan fingerprint density at radius 2 is 1.88 bits per heavy atom. The number of unbranched alkanes of at least 4 members (excludes halogenated alkanes) is 1. The van der Waals surface area contributed by atoms with Crippen molar-refractivity contribution in [2.75, 3.05) is 6.54 Å². The van der Waals surface area contributed by atoms with Gasteiger partial charge >= 0.3 is 5.97 Å². The predicted molar refractivity (Wildman–Crippen MR) is 122 cm³/mol. The third kappa shape index (κ3) is 4.36. The minimum atomic E-state index is -0.806. The van der Waals surface area contributed by atoms with Crippen molar-refractivity contribution in [3.63, 3.8) is 0 Å². The normalized spacial score (nSPS) is 16.0. The second-order valence-corrected chi connectivity index (χ2v) is 8.24. The van der Waals surface area contributed by atoms with Crippen molar-refractivity contribution in [3.05, 3.63) is 76.2 Å². The Balaban J connectivity index is 1.76. The van der Waals surface area contributed by atoms with Crippen LogP contribution in [0.3, 0.4) is 0 Å². The molecule has 7 nitrogen and oxygen atoms in total. The summed E-state index contributed by atoms with van der Waals surface area (Å²) in [6.45, 7) is 3.65. The standard InChI is InChI=1S/C25H22ClNO6/c1-3-4-11-27-22(15-5-8-18(9-6-15)32-14(2)28)21(24(30)25(27)31)23(29)20-13-16-12-17(26)7-10-19(16)33-20/h5-10,12-13,22,30H,3-4,11H2,1-2H3. The molecule has 4 rings (SSSR count). The number of ketones is 1. The molecule has 1 aliphatic rings. The van der Waals surface area contributed by atoms with E-state index in [2.05, 4.69) is 0 Å². The van der Waals surface area contributed by atoms with Crippen LogP contribution in [0, 0.1) is 0 Å². The minimum Gasteiger partial charge on any atom is -0.503 e. The van der Waals surface area contributed by atoms with E-state index in [1.165, 1.54) is 11.8 Å². The summed E-state index contributed by atoms with van der Waals surface area (Å²) in [5.74, 6) is -1.90. The van der Waals surface area contributed by atoms with Gasteiger partial charge in [-0.2, -0.15) is 0 Å². The minimum absolute atomic E-state index is 0.000455. The summed E-state index contributed by atoms with van der Waals surface area (Å²) in [6.07, 6.45) is 1.53. The molecular formula is C25H22ClNO6. The van der Waals surface area contributed by atoms with Crippen LogP contribution < -0.4 is 4.74 Å². The number of ether oxygens (including phenoxy) is 1. The first-order chi connectivity index (χ1) is 15.8. The largest absolute Gasteiger partial charge is 0.503 e. The Kier molecular flexibility index (Phi) is 6.24. The van der Waals surface area contributed by atoms with E-state index >= 15 is 0 Å². The molecular weight excluding hydrogens is 446 g/mol.